The minimum atomic E-state index is -0.102. The molecule has 0 spiro atoms. The van der Waals surface area contributed by atoms with E-state index < -0.39 is 0 Å². The van der Waals surface area contributed by atoms with E-state index in [1.165, 1.54) is 45.6 Å². The van der Waals surface area contributed by atoms with Crippen molar-refractivity contribution in [3.05, 3.63) is 0 Å². The van der Waals surface area contributed by atoms with Gasteiger partial charge in [0.05, 0.1) is 19.3 Å². The number of carbonyl (C=O) groups is 1. The highest BCUT2D eigenvalue weighted by Gasteiger charge is 2.26. The highest BCUT2D eigenvalue weighted by Crippen LogP contribution is 2.25. The molecule has 0 amide bonds. The maximum atomic E-state index is 11.0. The minimum absolute atomic E-state index is 0.102. The third-order valence-corrected chi connectivity index (χ3v) is 4.62. The number of rotatable bonds is 14. The Balaban J connectivity index is 1.89. The van der Waals surface area contributed by atoms with Crippen molar-refractivity contribution in [1.82, 2.24) is 0 Å². The van der Waals surface area contributed by atoms with Gasteiger partial charge in [0.2, 0.25) is 0 Å². The van der Waals surface area contributed by atoms with E-state index in [2.05, 4.69) is 11.7 Å². The Bertz CT molecular complexity index is 293. The van der Waals surface area contributed by atoms with Gasteiger partial charge in [-0.3, -0.25) is 4.79 Å². The summed E-state index contributed by atoms with van der Waals surface area (Å²) in [4.78, 5) is 21.9. The molecule has 0 bridgehead atoms. The smallest absolute Gasteiger partial charge is 0.305 e. The second kappa shape index (κ2) is 13.8. The molecular formula is C19H36O4. The Kier molecular flexibility index (Phi) is 12.3. The summed E-state index contributed by atoms with van der Waals surface area (Å²) in [7, 11) is 1.45. The zero-order valence-electron chi connectivity index (χ0n) is 15.2. The molecule has 0 radical (unpaired) electrons. The molecule has 1 aliphatic heterocycles. The Morgan fingerprint density at radius 1 is 0.870 bits per heavy atom. The van der Waals surface area contributed by atoms with E-state index in [-0.39, 0.29) is 12.1 Å². The van der Waals surface area contributed by atoms with Crippen LogP contribution in [-0.2, 0) is 19.3 Å². The Hall–Kier alpha value is -0.610. The lowest BCUT2D eigenvalue weighted by Gasteiger charge is -2.06. The molecule has 2 unspecified atom stereocenters. The second-order valence-electron chi connectivity index (χ2n) is 6.76. The zero-order chi connectivity index (χ0) is 16.8. The van der Waals surface area contributed by atoms with Gasteiger partial charge in [0.15, 0.2) is 0 Å². The molecule has 136 valence electrons. The number of unbranched alkanes of at least 4 members (excludes halogenated alkanes) is 8. The predicted octanol–water partition coefficient (Wildman–Crippen LogP) is 5.34. The zero-order valence-corrected chi connectivity index (χ0v) is 15.2. The topological polar surface area (TPSA) is 44.8 Å². The summed E-state index contributed by atoms with van der Waals surface area (Å²) in [5.41, 5.74) is 0. The largest absolute Gasteiger partial charge is 0.469 e. The van der Waals surface area contributed by atoms with Crippen LogP contribution in [0.2, 0.25) is 0 Å². The molecule has 0 N–H and O–H groups in total. The van der Waals surface area contributed by atoms with Crippen LogP contribution >= 0.6 is 0 Å². The molecule has 0 aliphatic carbocycles. The molecule has 0 aromatic heterocycles. The Labute approximate surface area is 142 Å². The van der Waals surface area contributed by atoms with Crippen LogP contribution in [0.15, 0.2) is 0 Å². The molecule has 2 atom stereocenters. The van der Waals surface area contributed by atoms with Gasteiger partial charge in [-0.2, -0.15) is 0 Å². The summed E-state index contributed by atoms with van der Waals surface area (Å²) < 4.78 is 4.63. The van der Waals surface area contributed by atoms with E-state index in [9.17, 15) is 4.79 Å². The number of ether oxygens (including phenoxy) is 1. The van der Waals surface area contributed by atoms with Crippen LogP contribution in [0, 0.1) is 0 Å². The van der Waals surface area contributed by atoms with Crippen LogP contribution in [0.5, 0.6) is 0 Å². The number of methoxy groups -OCH3 is 1. The molecule has 0 aromatic rings. The average Bonchev–Trinajstić information content (AvgIpc) is 3.01. The van der Waals surface area contributed by atoms with Gasteiger partial charge in [0, 0.05) is 12.8 Å². The van der Waals surface area contributed by atoms with Crippen LogP contribution in [0.4, 0.5) is 0 Å². The third kappa shape index (κ3) is 10.7. The highest BCUT2D eigenvalue weighted by atomic mass is 17.2. The molecule has 1 fully saturated rings. The highest BCUT2D eigenvalue weighted by molar-refractivity contribution is 5.68. The standard InChI is InChI=1S/C19H36O4/c1-3-4-5-6-7-10-13-17-16-18(23-22-17)14-11-8-9-12-15-19(20)21-2/h17-18H,3-16H2,1-2H3. The summed E-state index contributed by atoms with van der Waals surface area (Å²) in [6.07, 6.45) is 16.7. The van der Waals surface area contributed by atoms with Crippen molar-refractivity contribution in [2.45, 2.75) is 109 Å². The van der Waals surface area contributed by atoms with Gasteiger partial charge in [0.25, 0.3) is 0 Å². The van der Waals surface area contributed by atoms with E-state index in [4.69, 9.17) is 9.78 Å². The summed E-state index contributed by atoms with van der Waals surface area (Å²) in [6, 6.07) is 0. The van der Waals surface area contributed by atoms with Crippen LogP contribution in [0.1, 0.15) is 96.8 Å². The molecule has 0 saturated carbocycles. The van der Waals surface area contributed by atoms with Crippen LogP contribution < -0.4 is 0 Å². The fourth-order valence-corrected chi connectivity index (χ4v) is 3.11. The third-order valence-electron chi connectivity index (χ3n) is 4.62. The normalized spacial score (nSPS) is 20.8. The van der Waals surface area contributed by atoms with Crippen molar-refractivity contribution >= 4 is 5.97 Å². The first-order valence-corrected chi connectivity index (χ1v) is 9.65. The van der Waals surface area contributed by atoms with E-state index in [1.807, 2.05) is 0 Å². The molecular weight excluding hydrogens is 292 g/mol. The SMILES string of the molecule is CCCCCCCCC1CC(CCCCCCC(=O)OC)OO1. The summed E-state index contributed by atoms with van der Waals surface area (Å²) in [5.74, 6) is -0.102. The lowest BCUT2D eigenvalue weighted by Crippen LogP contribution is -2.07. The van der Waals surface area contributed by atoms with Crippen molar-refractivity contribution in [2.75, 3.05) is 7.11 Å². The molecule has 1 heterocycles. The lowest BCUT2D eigenvalue weighted by atomic mass is 10.0. The average molecular weight is 328 g/mol. The molecule has 1 rings (SSSR count). The van der Waals surface area contributed by atoms with Crippen molar-refractivity contribution < 1.29 is 19.3 Å². The first-order valence-electron chi connectivity index (χ1n) is 9.65. The molecule has 4 nitrogen and oxygen atoms in total. The lowest BCUT2D eigenvalue weighted by molar-refractivity contribution is -0.298. The van der Waals surface area contributed by atoms with E-state index in [0.29, 0.717) is 12.5 Å². The van der Waals surface area contributed by atoms with Gasteiger partial charge in [0.1, 0.15) is 0 Å². The summed E-state index contributed by atoms with van der Waals surface area (Å²) in [5, 5.41) is 0. The van der Waals surface area contributed by atoms with E-state index >= 15 is 0 Å². The second-order valence-corrected chi connectivity index (χ2v) is 6.76. The maximum Gasteiger partial charge on any atom is 0.305 e. The van der Waals surface area contributed by atoms with Crippen LogP contribution in [-0.4, -0.2) is 25.3 Å². The van der Waals surface area contributed by atoms with Gasteiger partial charge >= 0.3 is 5.97 Å². The number of esters is 1. The van der Waals surface area contributed by atoms with Crippen molar-refractivity contribution in [3.8, 4) is 0 Å². The van der Waals surface area contributed by atoms with Gasteiger partial charge in [-0.1, -0.05) is 64.7 Å². The van der Waals surface area contributed by atoms with Crippen LogP contribution in [0.25, 0.3) is 0 Å². The van der Waals surface area contributed by atoms with Gasteiger partial charge in [-0.25, -0.2) is 9.78 Å². The van der Waals surface area contributed by atoms with Gasteiger partial charge < -0.3 is 4.74 Å². The fraction of sp³-hybridized carbons (Fsp3) is 0.947. The number of hydrogen-bond acceptors (Lipinski definition) is 4. The molecule has 23 heavy (non-hydrogen) atoms. The molecule has 4 heteroatoms. The van der Waals surface area contributed by atoms with Crippen molar-refractivity contribution in [1.29, 1.82) is 0 Å². The Morgan fingerprint density at radius 2 is 1.39 bits per heavy atom. The first kappa shape index (κ1) is 20.4. The number of hydrogen-bond donors (Lipinski definition) is 0. The van der Waals surface area contributed by atoms with Gasteiger partial charge in [-0.05, 0) is 19.3 Å². The first-order chi connectivity index (χ1) is 11.3. The Morgan fingerprint density at radius 3 is 1.96 bits per heavy atom. The van der Waals surface area contributed by atoms with Crippen LogP contribution in [0.3, 0.4) is 0 Å². The van der Waals surface area contributed by atoms with Gasteiger partial charge in [-0.15, -0.1) is 0 Å². The maximum absolute atomic E-state index is 11.0. The molecule has 1 saturated heterocycles. The quantitative estimate of drug-likeness (QED) is 0.245. The summed E-state index contributed by atoms with van der Waals surface area (Å²) >= 11 is 0. The van der Waals surface area contributed by atoms with E-state index in [0.717, 1.165) is 44.9 Å². The van der Waals surface area contributed by atoms with Crippen molar-refractivity contribution in [2.24, 2.45) is 0 Å². The summed E-state index contributed by atoms with van der Waals surface area (Å²) in [6.45, 7) is 2.25. The molecule has 0 aromatic carbocycles. The van der Waals surface area contributed by atoms with Crippen molar-refractivity contribution in [3.63, 3.8) is 0 Å². The predicted molar refractivity (Wildman–Crippen MR) is 92.1 cm³/mol. The fourth-order valence-electron chi connectivity index (χ4n) is 3.11. The van der Waals surface area contributed by atoms with E-state index in [1.54, 1.807) is 0 Å². The monoisotopic (exact) mass is 328 g/mol. The minimum Gasteiger partial charge on any atom is -0.469 e. The number of carbonyl (C=O) groups excluding carboxylic acids is 1. The molecule has 1 aliphatic rings.